The van der Waals surface area contributed by atoms with Crippen LogP contribution in [0.5, 0.6) is 5.75 Å². The van der Waals surface area contributed by atoms with E-state index in [9.17, 15) is 5.11 Å². The summed E-state index contributed by atoms with van der Waals surface area (Å²) in [6, 6.07) is 15.4. The van der Waals surface area contributed by atoms with E-state index in [1.807, 2.05) is 48.5 Å². The van der Waals surface area contributed by atoms with Crippen molar-refractivity contribution in [3.8, 4) is 5.75 Å². The van der Waals surface area contributed by atoms with Gasteiger partial charge in [0.1, 0.15) is 11.9 Å². The number of para-hydroxylation sites is 1. The van der Waals surface area contributed by atoms with E-state index < -0.39 is 6.10 Å². The summed E-state index contributed by atoms with van der Waals surface area (Å²) in [5.41, 5.74) is 1.66. The Morgan fingerprint density at radius 1 is 1.10 bits per heavy atom. The SMILES string of the molecule is CCCCOc1c(Br)cccc1C(O)c1ccccc1. The molecule has 3 heteroatoms. The number of aliphatic hydroxyl groups excluding tert-OH is 1. The molecule has 2 rings (SSSR count). The van der Waals surface area contributed by atoms with Gasteiger partial charge >= 0.3 is 0 Å². The van der Waals surface area contributed by atoms with Crippen LogP contribution in [0.2, 0.25) is 0 Å². The molecule has 1 atom stereocenters. The fourth-order valence-electron chi connectivity index (χ4n) is 2.03. The van der Waals surface area contributed by atoms with E-state index in [1.54, 1.807) is 0 Å². The molecular formula is C17H19BrO2. The zero-order valence-electron chi connectivity index (χ0n) is 11.6. The van der Waals surface area contributed by atoms with E-state index in [-0.39, 0.29) is 0 Å². The molecule has 106 valence electrons. The monoisotopic (exact) mass is 334 g/mol. The molecule has 2 aromatic carbocycles. The van der Waals surface area contributed by atoms with E-state index in [1.165, 1.54) is 0 Å². The molecule has 0 aliphatic carbocycles. The Bertz CT molecular complexity index is 540. The first-order chi connectivity index (χ1) is 9.74. The van der Waals surface area contributed by atoms with Crippen molar-refractivity contribution in [2.45, 2.75) is 25.9 Å². The maximum Gasteiger partial charge on any atom is 0.139 e. The van der Waals surface area contributed by atoms with Crippen LogP contribution in [0.25, 0.3) is 0 Å². The Kier molecular flexibility index (Phi) is 5.62. The van der Waals surface area contributed by atoms with Gasteiger partial charge in [-0.2, -0.15) is 0 Å². The van der Waals surface area contributed by atoms with Crippen LogP contribution in [0.1, 0.15) is 37.0 Å². The van der Waals surface area contributed by atoms with Crippen molar-refractivity contribution in [1.29, 1.82) is 0 Å². The molecule has 0 fully saturated rings. The van der Waals surface area contributed by atoms with Crippen molar-refractivity contribution in [2.24, 2.45) is 0 Å². The second kappa shape index (κ2) is 7.46. The highest BCUT2D eigenvalue weighted by atomic mass is 79.9. The third-order valence-electron chi connectivity index (χ3n) is 3.15. The Morgan fingerprint density at radius 3 is 2.55 bits per heavy atom. The molecule has 20 heavy (non-hydrogen) atoms. The molecule has 0 amide bonds. The first kappa shape index (κ1) is 15.1. The Balaban J connectivity index is 2.28. The van der Waals surface area contributed by atoms with Gasteiger partial charge in [-0.3, -0.25) is 0 Å². The molecule has 0 saturated heterocycles. The minimum absolute atomic E-state index is 0.660. The topological polar surface area (TPSA) is 29.5 Å². The number of aliphatic hydroxyl groups is 1. The van der Waals surface area contributed by atoms with Gasteiger partial charge in [-0.15, -0.1) is 0 Å². The van der Waals surface area contributed by atoms with Gasteiger partial charge in [0.25, 0.3) is 0 Å². The zero-order chi connectivity index (χ0) is 14.4. The summed E-state index contributed by atoms with van der Waals surface area (Å²) in [5, 5.41) is 10.6. The molecule has 0 radical (unpaired) electrons. The fraction of sp³-hybridized carbons (Fsp3) is 0.294. The number of benzene rings is 2. The molecule has 2 aromatic rings. The minimum atomic E-state index is -0.676. The van der Waals surface area contributed by atoms with Gasteiger partial charge in [0.15, 0.2) is 0 Å². The normalized spacial score (nSPS) is 12.2. The Labute approximate surface area is 128 Å². The lowest BCUT2D eigenvalue weighted by Crippen LogP contribution is -2.05. The highest BCUT2D eigenvalue weighted by Crippen LogP contribution is 2.35. The average Bonchev–Trinajstić information content (AvgIpc) is 2.49. The predicted molar refractivity (Wildman–Crippen MR) is 85.0 cm³/mol. The van der Waals surface area contributed by atoms with E-state index in [4.69, 9.17) is 4.74 Å². The van der Waals surface area contributed by atoms with Crippen LogP contribution in [0.3, 0.4) is 0 Å². The molecule has 0 aromatic heterocycles. The van der Waals surface area contributed by atoms with Crippen molar-refractivity contribution in [1.82, 2.24) is 0 Å². The summed E-state index contributed by atoms with van der Waals surface area (Å²) in [4.78, 5) is 0. The molecule has 0 heterocycles. The minimum Gasteiger partial charge on any atom is -0.492 e. The molecule has 1 N–H and O–H groups in total. The van der Waals surface area contributed by atoms with Crippen molar-refractivity contribution in [3.05, 3.63) is 64.1 Å². The summed E-state index contributed by atoms with van der Waals surface area (Å²) in [6.07, 6.45) is 1.41. The number of hydrogen-bond donors (Lipinski definition) is 1. The molecule has 0 aliphatic rings. The Morgan fingerprint density at radius 2 is 1.85 bits per heavy atom. The van der Waals surface area contributed by atoms with Gasteiger partial charge in [0.2, 0.25) is 0 Å². The fourth-order valence-corrected chi connectivity index (χ4v) is 2.52. The molecule has 0 aliphatic heterocycles. The molecule has 0 spiro atoms. The van der Waals surface area contributed by atoms with Crippen molar-refractivity contribution >= 4 is 15.9 Å². The molecule has 0 bridgehead atoms. The van der Waals surface area contributed by atoms with E-state index in [2.05, 4.69) is 22.9 Å². The molecule has 1 unspecified atom stereocenters. The summed E-state index contributed by atoms with van der Waals surface area (Å²) >= 11 is 3.50. The highest BCUT2D eigenvalue weighted by molar-refractivity contribution is 9.10. The van der Waals surface area contributed by atoms with Crippen LogP contribution >= 0.6 is 15.9 Å². The highest BCUT2D eigenvalue weighted by Gasteiger charge is 2.17. The van der Waals surface area contributed by atoms with Crippen LogP contribution in [0.15, 0.2) is 53.0 Å². The lowest BCUT2D eigenvalue weighted by Gasteiger charge is -2.18. The second-order valence-corrected chi connectivity index (χ2v) is 5.53. The maximum absolute atomic E-state index is 10.6. The Hall–Kier alpha value is -1.32. The zero-order valence-corrected chi connectivity index (χ0v) is 13.1. The molecule has 0 saturated carbocycles. The lowest BCUT2D eigenvalue weighted by molar-refractivity contribution is 0.209. The van der Waals surface area contributed by atoms with Crippen molar-refractivity contribution in [3.63, 3.8) is 0 Å². The summed E-state index contributed by atoms with van der Waals surface area (Å²) in [5.74, 6) is 0.734. The smallest absolute Gasteiger partial charge is 0.139 e. The van der Waals surface area contributed by atoms with Crippen LogP contribution in [0, 0.1) is 0 Å². The largest absolute Gasteiger partial charge is 0.492 e. The van der Waals surface area contributed by atoms with Gasteiger partial charge in [0, 0.05) is 5.56 Å². The predicted octanol–water partition coefficient (Wildman–Crippen LogP) is 4.71. The molecule has 2 nitrogen and oxygen atoms in total. The van der Waals surface area contributed by atoms with Crippen LogP contribution in [-0.2, 0) is 0 Å². The van der Waals surface area contributed by atoms with Gasteiger partial charge in [-0.05, 0) is 34.0 Å². The van der Waals surface area contributed by atoms with E-state index in [0.29, 0.717) is 6.61 Å². The third kappa shape index (κ3) is 3.62. The third-order valence-corrected chi connectivity index (χ3v) is 3.78. The van der Waals surface area contributed by atoms with E-state index in [0.717, 1.165) is 34.2 Å². The first-order valence-electron chi connectivity index (χ1n) is 6.88. The number of hydrogen-bond acceptors (Lipinski definition) is 2. The lowest BCUT2D eigenvalue weighted by atomic mass is 10.0. The average molecular weight is 335 g/mol. The molecular weight excluding hydrogens is 316 g/mol. The van der Waals surface area contributed by atoms with Crippen molar-refractivity contribution in [2.75, 3.05) is 6.61 Å². The summed E-state index contributed by atoms with van der Waals surface area (Å²) in [6.45, 7) is 2.79. The van der Waals surface area contributed by atoms with Gasteiger partial charge in [-0.25, -0.2) is 0 Å². The van der Waals surface area contributed by atoms with Crippen LogP contribution in [-0.4, -0.2) is 11.7 Å². The van der Waals surface area contributed by atoms with E-state index >= 15 is 0 Å². The quantitative estimate of drug-likeness (QED) is 0.775. The second-order valence-electron chi connectivity index (χ2n) is 4.67. The number of unbranched alkanes of at least 4 members (excludes halogenated alkanes) is 1. The number of halogens is 1. The summed E-state index contributed by atoms with van der Waals surface area (Å²) in [7, 11) is 0. The standard InChI is InChI=1S/C17H19BrO2/c1-2-3-12-20-17-14(10-7-11-15(17)18)16(19)13-8-5-4-6-9-13/h4-11,16,19H,2-3,12H2,1H3. The first-order valence-corrected chi connectivity index (χ1v) is 7.67. The van der Waals surface area contributed by atoms with Gasteiger partial charge < -0.3 is 9.84 Å². The number of rotatable bonds is 6. The van der Waals surface area contributed by atoms with Crippen LogP contribution < -0.4 is 4.74 Å². The van der Waals surface area contributed by atoms with Gasteiger partial charge in [-0.1, -0.05) is 55.8 Å². The van der Waals surface area contributed by atoms with Gasteiger partial charge in [0.05, 0.1) is 11.1 Å². The number of ether oxygens (including phenoxy) is 1. The van der Waals surface area contributed by atoms with Crippen molar-refractivity contribution < 1.29 is 9.84 Å². The summed E-state index contributed by atoms with van der Waals surface area (Å²) < 4.78 is 6.72. The maximum atomic E-state index is 10.6. The van der Waals surface area contributed by atoms with Crippen LogP contribution in [0.4, 0.5) is 0 Å².